The van der Waals surface area contributed by atoms with Gasteiger partial charge >= 0.3 is 5.97 Å². The second-order valence-corrected chi connectivity index (χ2v) is 8.09. The first-order valence-corrected chi connectivity index (χ1v) is 11.5. The fourth-order valence-corrected chi connectivity index (χ4v) is 4.07. The number of hydrogen-bond donors (Lipinski definition) is 0. The van der Waals surface area contributed by atoms with E-state index in [1.165, 1.54) is 23.7 Å². The van der Waals surface area contributed by atoms with E-state index in [-0.39, 0.29) is 29.1 Å². The summed E-state index contributed by atoms with van der Waals surface area (Å²) in [5.41, 5.74) is 2.21. The summed E-state index contributed by atoms with van der Waals surface area (Å²) in [6, 6.07) is 10.4. The van der Waals surface area contributed by atoms with Crippen LogP contribution in [0.1, 0.15) is 41.8 Å². The number of aryl methyl sites for hydroxylation is 1. The van der Waals surface area contributed by atoms with Gasteiger partial charge in [-0.1, -0.05) is 25.1 Å². The lowest BCUT2D eigenvalue weighted by Gasteiger charge is -2.32. The molecule has 0 atom stereocenters. The summed E-state index contributed by atoms with van der Waals surface area (Å²) in [5, 5.41) is 0. The van der Waals surface area contributed by atoms with Crippen molar-refractivity contribution in [1.29, 1.82) is 0 Å². The lowest BCUT2D eigenvalue weighted by Crippen LogP contribution is -2.35. The molecular formula is C27H27N3O5. The van der Waals surface area contributed by atoms with Crippen LogP contribution >= 0.6 is 0 Å². The second-order valence-electron chi connectivity index (χ2n) is 8.09. The van der Waals surface area contributed by atoms with E-state index in [0.29, 0.717) is 41.4 Å². The summed E-state index contributed by atoms with van der Waals surface area (Å²) >= 11 is 0. The van der Waals surface area contributed by atoms with Gasteiger partial charge in [-0.2, -0.15) is 0 Å². The molecule has 0 radical (unpaired) electrons. The van der Waals surface area contributed by atoms with Crippen molar-refractivity contribution in [2.75, 3.05) is 25.2 Å². The smallest absolute Gasteiger partial charge is 0.340 e. The van der Waals surface area contributed by atoms with Crippen molar-refractivity contribution in [2.45, 2.75) is 27.2 Å². The first kappa shape index (κ1) is 23.9. The quantitative estimate of drug-likeness (QED) is 0.292. The Morgan fingerprint density at radius 1 is 1.14 bits per heavy atom. The molecule has 4 rings (SSSR count). The minimum absolute atomic E-state index is 0.135. The highest BCUT2D eigenvalue weighted by atomic mass is 16.5. The van der Waals surface area contributed by atoms with Gasteiger partial charge in [0.2, 0.25) is 0 Å². The fraction of sp³-hybridized carbons (Fsp3) is 0.259. The van der Waals surface area contributed by atoms with Crippen LogP contribution in [0.15, 0.2) is 64.7 Å². The molecule has 3 aromatic rings. The van der Waals surface area contributed by atoms with Crippen LogP contribution in [0, 0.1) is 6.92 Å². The van der Waals surface area contributed by atoms with Crippen LogP contribution in [0.2, 0.25) is 0 Å². The SMILES string of the molecule is CCCN1C(=CC(=O)c2cccc(OC)c2)C(C(=O)OCC)=Cc2c1nc1c(C)cccn1c2=O. The molecule has 0 aliphatic carbocycles. The average molecular weight is 474 g/mol. The van der Waals surface area contributed by atoms with E-state index in [2.05, 4.69) is 0 Å². The van der Waals surface area contributed by atoms with Crippen LogP contribution in [0.4, 0.5) is 5.82 Å². The number of allylic oxidation sites excluding steroid dienone is 1. The molecule has 180 valence electrons. The molecule has 0 saturated heterocycles. The zero-order chi connectivity index (χ0) is 25.1. The number of nitrogens with zero attached hydrogens (tertiary/aromatic N) is 3. The van der Waals surface area contributed by atoms with Crippen molar-refractivity contribution in [3.8, 4) is 5.75 Å². The number of benzene rings is 1. The van der Waals surface area contributed by atoms with Crippen LogP contribution in [-0.4, -0.2) is 41.4 Å². The van der Waals surface area contributed by atoms with Gasteiger partial charge < -0.3 is 14.4 Å². The highest BCUT2D eigenvalue weighted by Gasteiger charge is 2.32. The number of pyridine rings is 1. The van der Waals surface area contributed by atoms with E-state index in [1.807, 2.05) is 19.9 Å². The van der Waals surface area contributed by atoms with Crippen molar-refractivity contribution >= 4 is 29.3 Å². The molecule has 3 heterocycles. The molecule has 8 nitrogen and oxygen atoms in total. The summed E-state index contributed by atoms with van der Waals surface area (Å²) in [5.74, 6) is 0.0281. The number of carbonyl (C=O) groups is 2. The summed E-state index contributed by atoms with van der Waals surface area (Å²) < 4.78 is 12.0. The molecule has 0 amide bonds. The predicted octanol–water partition coefficient (Wildman–Crippen LogP) is 3.95. The zero-order valence-electron chi connectivity index (χ0n) is 20.2. The Labute approximate surface area is 203 Å². The van der Waals surface area contributed by atoms with Gasteiger partial charge in [-0.3, -0.25) is 14.0 Å². The van der Waals surface area contributed by atoms with Crippen molar-refractivity contribution in [3.63, 3.8) is 0 Å². The van der Waals surface area contributed by atoms with E-state index in [1.54, 1.807) is 48.4 Å². The Balaban J connectivity index is 1.97. The summed E-state index contributed by atoms with van der Waals surface area (Å²) in [6.07, 6.45) is 5.22. The maximum Gasteiger partial charge on any atom is 0.340 e. The highest BCUT2D eigenvalue weighted by Crippen LogP contribution is 2.34. The first-order chi connectivity index (χ1) is 16.9. The third-order valence-electron chi connectivity index (χ3n) is 5.74. The summed E-state index contributed by atoms with van der Waals surface area (Å²) in [4.78, 5) is 46.2. The van der Waals surface area contributed by atoms with Gasteiger partial charge in [0, 0.05) is 24.4 Å². The predicted molar refractivity (Wildman–Crippen MR) is 134 cm³/mol. The summed E-state index contributed by atoms with van der Waals surface area (Å²) in [6.45, 7) is 6.15. The Hall–Kier alpha value is -4.20. The zero-order valence-corrected chi connectivity index (χ0v) is 20.2. The Kier molecular flexibility index (Phi) is 6.82. The molecule has 2 aromatic heterocycles. The molecular weight excluding hydrogens is 446 g/mol. The topological polar surface area (TPSA) is 90.2 Å². The number of rotatable bonds is 7. The van der Waals surface area contributed by atoms with Crippen LogP contribution in [0.3, 0.4) is 0 Å². The molecule has 0 spiro atoms. The van der Waals surface area contributed by atoms with Crippen LogP contribution < -0.4 is 15.2 Å². The maximum atomic E-state index is 13.4. The van der Waals surface area contributed by atoms with Crippen LogP contribution in [0.5, 0.6) is 5.75 Å². The Morgan fingerprint density at radius 2 is 1.94 bits per heavy atom. The van der Waals surface area contributed by atoms with Gasteiger partial charge in [-0.15, -0.1) is 0 Å². The van der Waals surface area contributed by atoms with Crippen LogP contribution in [0.25, 0.3) is 11.7 Å². The van der Waals surface area contributed by atoms with Crippen molar-refractivity contribution in [3.05, 3.63) is 87.0 Å². The van der Waals surface area contributed by atoms with Gasteiger partial charge in [-0.25, -0.2) is 9.78 Å². The molecule has 0 fully saturated rings. The number of carbonyl (C=O) groups excluding carboxylic acids is 2. The van der Waals surface area contributed by atoms with Crippen LogP contribution in [-0.2, 0) is 9.53 Å². The molecule has 0 saturated carbocycles. The van der Waals surface area contributed by atoms with Gasteiger partial charge in [0.25, 0.3) is 5.56 Å². The van der Waals surface area contributed by atoms with Gasteiger partial charge in [0.05, 0.1) is 30.6 Å². The Bertz CT molecular complexity index is 1430. The number of esters is 1. The number of fused-ring (bicyclic) bond motifs is 2. The first-order valence-electron chi connectivity index (χ1n) is 11.5. The molecule has 35 heavy (non-hydrogen) atoms. The minimum Gasteiger partial charge on any atom is -0.497 e. The van der Waals surface area contributed by atoms with Crippen molar-refractivity contribution < 1.29 is 19.1 Å². The molecule has 1 aliphatic rings. The number of methoxy groups -OCH3 is 1. The third-order valence-corrected chi connectivity index (χ3v) is 5.74. The maximum absolute atomic E-state index is 13.4. The number of aromatic nitrogens is 2. The standard InChI is InChI=1S/C27H27N3O5/c1-5-12-29-22(16-23(31)18-10-7-11-19(14-18)34-4)20(27(33)35-6-2)15-21-25(29)28-24-17(3)9-8-13-30(24)26(21)32/h7-11,13-16H,5-6,12H2,1-4H3. The number of ether oxygens (including phenoxy) is 2. The molecule has 1 aromatic carbocycles. The van der Waals surface area contributed by atoms with Crippen molar-refractivity contribution in [1.82, 2.24) is 9.38 Å². The third kappa shape index (κ3) is 4.47. The number of ketones is 1. The van der Waals surface area contributed by atoms with E-state index < -0.39 is 5.97 Å². The summed E-state index contributed by atoms with van der Waals surface area (Å²) in [7, 11) is 1.53. The second kappa shape index (κ2) is 9.97. The molecule has 1 aliphatic heterocycles. The van der Waals surface area contributed by atoms with Gasteiger partial charge in [0.15, 0.2) is 5.78 Å². The van der Waals surface area contributed by atoms with E-state index >= 15 is 0 Å². The monoisotopic (exact) mass is 473 g/mol. The van der Waals surface area contributed by atoms with Crippen molar-refractivity contribution in [2.24, 2.45) is 0 Å². The van der Waals surface area contributed by atoms with E-state index in [9.17, 15) is 14.4 Å². The Morgan fingerprint density at radius 3 is 2.66 bits per heavy atom. The normalized spacial score (nSPS) is 14.0. The van der Waals surface area contributed by atoms with Gasteiger partial charge in [-0.05, 0) is 50.1 Å². The largest absolute Gasteiger partial charge is 0.497 e. The molecule has 0 unspecified atom stereocenters. The van der Waals surface area contributed by atoms with E-state index in [0.717, 1.165) is 5.56 Å². The van der Waals surface area contributed by atoms with E-state index in [4.69, 9.17) is 14.5 Å². The lowest BCUT2D eigenvalue weighted by atomic mass is 9.99. The minimum atomic E-state index is -0.613. The lowest BCUT2D eigenvalue weighted by molar-refractivity contribution is -0.138. The number of anilines is 1. The highest BCUT2D eigenvalue weighted by molar-refractivity contribution is 6.10. The average Bonchev–Trinajstić information content (AvgIpc) is 2.86. The van der Waals surface area contributed by atoms with Gasteiger partial charge in [0.1, 0.15) is 17.2 Å². The number of hydrogen-bond acceptors (Lipinski definition) is 7. The molecule has 8 heteroatoms. The fourth-order valence-electron chi connectivity index (χ4n) is 4.07. The molecule has 0 N–H and O–H groups in total. The molecule has 0 bridgehead atoms.